The molecule has 0 saturated carbocycles. The summed E-state index contributed by atoms with van der Waals surface area (Å²) in [7, 11) is 0. The number of allylic oxidation sites excluding steroid dienone is 4. The van der Waals surface area contributed by atoms with Crippen LogP contribution in [0.4, 0.5) is 0 Å². The van der Waals surface area contributed by atoms with Gasteiger partial charge in [0.25, 0.3) is 0 Å². The van der Waals surface area contributed by atoms with Crippen molar-refractivity contribution in [1.82, 2.24) is 0 Å². The lowest BCUT2D eigenvalue weighted by atomic mass is 9.75. The van der Waals surface area contributed by atoms with Crippen molar-refractivity contribution in [1.29, 1.82) is 0 Å². The summed E-state index contributed by atoms with van der Waals surface area (Å²) in [5, 5.41) is 0. The second kappa shape index (κ2) is 6.55. The van der Waals surface area contributed by atoms with Crippen molar-refractivity contribution < 1.29 is 0 Å². The fourth-order valence-corrected chi connectivity index (χ4v) is 6.18. The molecule has 128 valence electrons. The zero-order chi connectivity index (χ0) is 17.7. The zero-order valence-corrected chi connectivity index (χ0v) is 18.0. The van der Waals surface area contributed by atoms with Gasteiger partial charge < -0.3 is 0 Å². The summed E-state index contributed by atoms with van der Waals surface area (Å²) in [5.41, 5.74) is 8.57. The van der Waals surface area contributed by atoms with Crippen LogP contribution in [-0.2, 0) is 0 Å². The number of halogens is 2. The van der Waals surface area contributed by atoms with Gasteiger partial charge >= 0.3 is 0 Å². The Hall–Kier alpha value is -1.12. The van der Waals surface area contributed by atoms with Gasteiger partial charge in [0.05, 0.1) is 0 Å². The van der Waals surface area contributed by atoms with E-state index in [4.69, 9.17) is 0 Å². The van der Waals surface area contributed by atoms with Crippen molar-refractivity contribution in [2.75, 3.05) is 0 Å². The predicted octanol–water partition coefficient (Wildman–Crippen LogP) is 7.94. The normalized spacial score (nSPS) is 22.3. The Morgan fingerprint density at radius 3 is 1.64 bits per heavy atom. The predicted molar refractivity (Wildman–Crippen MR) is 115 cm³/mol. The molecule has 2 aliphatic carbocycles. The summed E-state index contributed by atoms with van der Waals surface area (Å²) in [6.45, 7) is 6.83. The molecular weight excluding hydrogens is 436 g/mol. The minimum Gasteiger partial charge on any atom is -0.0731 e. The Labute approximate surface area is 167 Å². The molecule has 0 spiro atoms. The van der Waals surface area contributed by atoms with E-state index in [1.807, 2.05) is 0 Å². The van der Waals surface area contributed by atoms with E-state index in [9.17, 15) is 0 Å². The first-order valence-corrected chi connectivity index (χ1v) is 10.6. The summed E-state index contributed by atoms with van der Waals surface area (Å²) in [4.78, 5) is 0. The first kappa shape index (κ1) is 17.3. The number of benzene rings is 2. The second-order valence-corrected chi connectivity index (χ2v) is 8.94. The van der Waals surface area contributed by atoms with E-state index >= 15 is 0 Å². The van der Waals surface area contributed by atoms with E-state index in [-0.39, 0.29) is 0 Å². The topological polar surface area (TPSA) is 0 Å². The molecular formula is C23H22Br2. The van der Waals surface area contributed by atoms with Gasteiger partial charge in [0, 0.05) is 20.8 Å². The summed E-state index contributed by atoms with van der Waals surface area (Å²) in [5.74, 6) is 1.55. The first-order valence-electron chi connectivity index (χ1n) is 8.97. The van der Waals surface area contributed by atoms with Crippen LogP contribution in [0.3, 0.4) is 0 Å². The average molecular weight is 458 g/mol. The fraction of sp³-hybridized carbons (Fsp3) is 0.304. The average Bonchev–Trinajstić information content (AvgIpc) is 3.09. The highest BCUT2D eigenvalue weighted by atomic mass is 79.9. The van der Waals surface area contributed by atoms with E-state index in [1.54, 1.807) is 0 Å². The summed E-state index contributed by atoms with van der Waals surface area (Å²) in [6, 6.07) is 13.3. The second-order valence-electron chi connectivity index (χ2n) is 7.23. The number of hydrogen-bond acceptors (Lipinski definition) is 0. The zero-order valence-electron chi connectivity index (χ0n) is 14.8. The van der Waals surface area contributed by atoms with Gasteiger partial charge in [-0.15, -0.1) is 0 Å². The van der Waals surface area contributed by atoms with Crippen molar-refractivity contribution in [3.05, 3.63) is 79.7 Å². The molecule has 0 amide bonds. The summed E-state index contributed by atoms with van der Waals surface area (Å²) in [6.07, 6.45) is 6.15. The van der Waals surface area contributed by atoms with E-state index in [2.05, 4.69) is 101 Å². The number of rotatable bonds is 3. The Kier molecular flexibility index (Phi) is 4.54. The first-order chi connectivity index (χ1) is 12.0. The van der Waals surface area contributed by atoms with Crippen LogP contribution in [0.5, 0.6) is 0 Å². The third-order valence-electron chi connectivity index (χ3n) is 5.85. The van der Waals surface area contributed by atoms with E-state index in [1.165, 1.54) is 48.8 Å². The van der Waals surface area contributed by atoms with Crippen LogP contribution in [0, 0.1) is 5.92 Å². The van der Waals surface area contributed by atoms with Gasteiger partial charge in [-0.2, -0.15) is 0 Å². The smallest absolute Gasteiger partial charge is 0.0253 e. The third kappa shape index (κ3) is 2.69. The molecule has 2 aromatic rings. The van der Waals surface area contributed by atoms with Gasteiger partial charge in [-0.05, 0) is 65.3 Å². The maximum absolute atomic E-state index is 3.76. The Balaban J connectivity index is 1.80. The lowest BCUT2D eigenvalue weighted by Gasteiger charge is -2.28. The molecule has 0 fully saturated rings. The van der Waals surface area contributed by atoms with Crippen LogP contribution < -0.4 is 0 Å². The number of hydrogen-bond donors (Lipinski definition) is 0. The molecule has 0 heterocycles. The molecule has 0 radical (unpaired) electrons. The van der Waals surface area contributed by atoms with Gasteiger partial charge in [-0.25, -0.2) is 0 Å². The van der Waals surface area contributed by atoms with Crippen LogP contribution in [0.2, 0.25) is 0 Å². The molecule has 25 heavy (non-hydrogen) atoms. The van der Waals surface area contributed by atoms with Gasteiger partial charge in [-0.1, -0.05) is 81.6 Å². The van der Waals surface area contributed by atoms with Crippen molar-refractivity contribution >= 4 is 43.0 Å². The Morgan fingerprint density at radius 2 is 1.24 bits per heavy atom. The quantitative estimate of drug-likeness (QED) is 0.438. The maximum atomic E-state index is 3.76. The molecule has 2 aliphatic rings. The summed E-state index contributed by atoms with van der Waals surface area (Å²) >= 11 is 7.51. The fourth-order valence-electron chi connectivity index (χ4n) is 4.79. The monoisotopic (exact) mass is 456 g/mol. The molecule has 0 saturated heterocycles. The minimum absolute atomic E-state index is 0.483. The molecule has 0 bridgehead atoms. The van der Waals surface area contributed by atoms with Crippen LogP contribution in [0.1, 0.15) is 61.3 Å². The Morgan fingerprint density at radius 1 is 0.800 bits per heavy atom. The largest absolute Gasteiger partial charge is 0.0731 e. The van der Waals surface area contributed by atoms with Crippen molar-refractivity contribution in [2.24, 2.45) is 5.92 Å². The minimum atomic E-state index is 0.483. The highest BCUT2D eigenvalue weighted by molar-refractivity contribution is 9.10. The molecule has 0 aromatic heterocycles. The Bertz CT molecular complexity index is 831. The van der Waals surface area contributed by atoms with Gasteiger partial charge in [0.15, 0.2) is 0 Å². The van der Waals surface area contributed by atoms with Gasteiger partial charge in [0.2, 0.25) is 0 Å². The van der Waals surface area contributed by atoms with Crippen LogP contribution >= 0.6 is 31.9 Å². The highest BCUT2D eigenvalue weighted by Crippen LogP contribution is 2.52. The lowest BCUT2D eigenvalue weighted by molar-refractivity contribution is 0.425. The molecule has 2 aromatic carbocycles. The molecule has 0 aliphatic heterocycles. The van der Waals surface area contributed by atoms with E-state index < -0.39 is 0 Å². The van der Waals surface area contributed by atoms with Crippen molar-refractivity contribution in [3.63, 3.8) is 0 Å². The van der Waals surface area contributed by atoms with E-state index in [0.717, 1.165) is 0 Å². The molecule has 0 nitrogen and oxygen atoms in total. The van der Waals surface area contributed by atoms with Crippen LogP contribution in [-0.4, -0.2) is 0 Å². The lowest BCUT2D eigenvalue weighted by Crippen LogP contribution is -2.16. The molecule has 4 rings (SSSR count). The third-order valence-corrected chi connectivity index (χ3v) is 7.17. The summed E-state index contributed by atoms with van der Waals surface area (Å²) < 4.78 is 2.44. The molecule has 2 unspecified atom stereocenters. The highest BCUT2D eigenvalue weighted by Gasteiger charge is 2.36. The SMILES string of the molecule is CCC(C1C=C(C)c2c(Br)cccc21)C1C=C(C)c2c(Br)cccc21. The van der Waals surface area contributed by atoms with Gasteiger partial charge in [0.1, 0.15) is 0 Å². The van der Waals surface area contributed by atoms with Crippen molar-refractivity contribution in [2.45, 2.75) is 39.0 Å². The molecule has 2 atom stereocenters. The van der Waals surface area contributed by atoms with E-state index in [0.29, 0.717) is 17.8 Å². The molecule has 0 N–H and O–H groups in total. The van der Waals surface area contributed by atoms with Crippen LogP contribution in [0.15, 0.2) is 57.5 Å². The van der Waals surface area contributed by atoms with Gasteiger partial charge in [-0.3, -0.25) is 0 Å². The molecule has 2 heteroatoms. The standard InChI is InChI=1S/C23H22Br2/c1-4-15(18-11-13(2)22-16(18)7-5-9-20(22)24)19-12-14(3)23-17(19)8-6-10-21(23)25/h5-12,15,18-19H,4H2,1-3H3. The van der Waals surface area contributed by atoms with Crippen LogP contribution in [0.25, 0.3) is 11.1 Å². The number of fused-ring (bicyclic) bond motifs is 2. The van der Waals surface area contributed by atoms with Crippen molar-refractivity contribution in [3.8, 4) is 0 Å². The maximum Gasteiger partial charge on any atom is 0.0253 e.